The maximum Gasteiger partial charge on any atom is 0.228 e. The predicted molar refractivity (Wildman–Crippen MR) is 89.7 cm³/mol. The summed E-state index contributed by atoms with van der Waals surface area (Å²) in [6.45, 7) is 6.23. The summed E-state index contributed by atoms with van der Waals surface area (Å²) < 4.78 is 5.13. The van der Waals surface area contributed by atoms with E-state index in [0.29, 0.717) is 18.4 Å². The molecule has 1 aromatic rings. The zero-order valence-electron chi connectivity index (χ0n) is 14.0. The van der Waals surface area contributed by atoms with Gasteiger partial charge in [-0.3, -0.25) is 4.79 Å². The number of amides is 1. The lowest BCUT2D eigenvalue weighted by atomic mass is 9.96. The Balaban J connectivity index is 1.73. The van der Waals surface area contributed by atoms with Gasteiger partial charge in [0.15, 0.2) is 0 Å². The maximum atomic E-state index is 12.2. The summed E-state index contributed by atoms with van der Waals surface area (Å²) in [5, 5.41) is 6.29. The third-order valence-corrected chi connectivity index (χ3v) is 4.00. The minimum atomic E-state index is 0.0861. The first-order chi connectivity index (χ1) is 11.2. The molecule has 128 valence electrons. The Kier molecular flexibility index (Phi) is 7.06. The van der Waals surface area contributed by atoms with E-state index in [4.69, 9.17) is 4.74 Å². The van der Waals surface area contributed by atoms with Crippen LogP contribution in [0.3, 0.4) is 0 Å². The van der Waals surface area contributed by atoms with E-state index in [9.17, 15) is 4.79 Å². The minimum Gasteiger partial charge on any atom is -0.481 e. The molecule has 2 heterocycles. The monoisotopic (exact) mass is 321 g/mol. The topological polar surface area (TPSA) is 79.4 Å². The van der Waals surface area contributed by atoms with Crippen LogP contribution in [0.4, 0.5) is 5.95 Å². The van der Waals surface area contributed by atoms with Crippen LogP contribution in [0.5, 0.6) is 5.88 Å². The third kappa shape index (κ3) is 5.35. The highest BCUT2D eigenvalue weighted by atomic mass is 16.5. The summed E-state index contributed by atoms with van der Waals surface area (Å²) in [6, 6.07) is 1.73. The molecule has 1 saturated heterocycles. The van der Waals surface area contributed by atoms with Crippen LogP contribution >= 0.6 is 0 Å². The fraction of sp³-hybridized carbons (Fsp3) is 0.688. The Morgan fingerprint density at radius 2 is 2.13 bits per heavy atom. The standard InChI is InChI=1S/C16H27N5O2/c1-3-7-17-9-10-18-15(22)13-5-11-21(12-6-13)16-19-8-4-14(20-16)23-2/h4,8,13,17H,3,5-7,9-12H2,1-2H3,(H,18,22). The molecule has 7 heteroatoms. The quantitative estimate of drug-likeness (QED) is 0.690. The number of carbonyl (C=O) groups excluding carboxylic acids is 1. The molecule has 0 unspecified atom stereocenters. The Morgan fingerprint density at radius 1 is 1.35 bits per heavy atom. The molecule has 0 spiro atoms. The first kappa shape index (κ1) is 17.5. The molecule has 0 radical (unpaired) electrons. The molecule has 0 aliphatic carbocycles. The smallest absolute Gasteiger partial charge is 0.228 e. The highest BCUT2D eigenvalue weighted by molar-refractivity contribution is 5.78. The Labute approximate surface area is 137 Å². The van der Waals surface area contributed by atoms with Crippen molar-refractivity contribution in [3.05, 3.63) is 12.3 Å². The van der Waals surface area contributed by atoms with Gasteiger partial charge in [0.2, 0.25) is 17.7 Å². The lowest BCUT2D eigenvalue weighted by molar-refractivity contribution is -0.125. The van der Waals surface area contributed by atoms with Gasteiger partial charge in [-0.15, -0.1) is 0 Å². The van der Waals surface area contributed by atoms with Crippen molar-refractivity contribution in [1.82, 2.24) is 20.6 Å². The number of anilines is 1. The van der Waals surface area contributed by atoms with Gasteiger partial charge >= 0.3 is 0 Å². The summed E-state index contributed by atoms with van der Waals surface area (Å²) in [7, 11) is 1.60. The van der Waals surface area contributed by atoms with Crippen molar-refractivity contribution < 1.29 is 9.53 Å². The van der Waals surface area contributed by atoms with Crippen LogP contribution in [0.1, 0.15) is 26.2 Å². The normalized spacial score (nSPS) is 15.5. The predicted octanol–water partition coefficient (Wildman–Crippen LogP) is 0.817. The Bertz CT molecular complexity index is 489. The molecule has 1 aliphatic heterocycles. The largest absolute Gasteiger partial charge is 0.481 e. The summed E-state index contributed by atoms with van der Waals surface area (Å²) in [6.07, 6.45) is 4.46. The van der Waals surface area contributed by atoms with Gasteiger partial charge in [0.05, 0.1) is 7.11 Å². The van der Waals surface area contributed by atoms with E-state index >= 15 is 0 Å². The second kappa shape index (κ2) is 9.29. The number of carbonyl (C=O) groups is 1. The number of hydrogen-bond acceptors (Lipinski definition) is 6. The Morgan fingerprint density at radius 3 is 2.83 bits per heavy atom. The molecule has 23 heavy (non-hydrogen) atoms. The number of nitrogens with zero attached hydrogens (tertiary/aromatic N) is 3. The van der Waals surface area contributed by atoms with Crippen molar-refractivity contribution >= 4 is 11.9 Å². The molecule has 0 atom stereocenters. The third-order valence-electron chi connectivity index (χ3n) is 4.00. The summed E-state index contributed by atoms with van der Waals surface area (Å²) in [4.78, 5) is 22.9. The lowest BCUT2D eigenvalue weighted by Crippen LogP contribution is -2.42. The van der Waals surface area contributed by atoms with E-state index < -0.39 is 0 Å². The SMILES string of the molecule is CCCNCCNC(=O)C1CCN(c2nccc(OC)n2)CC1. The number of rotatable bonds is 8. The molecular weight excluding hydrogens is 294 g/mol. The highest BCUT2D eigenvalue weighted by Crippen LogP contribution is 2.21. The Hall–Kier alpha value is -1.89. The van der Waals surface area contributed by atoms with E-state index in [1.165, 1.54) is 0 Å². The van der Waals surface area contributed by atoms with Crippen LogP contribution in [0, 0.1) is 5.92 Å². The highest BCUT2D eigenvalue weighted by Gasteiger charge is 2.26. The zero-order valence-corrected chi connectivity index (χ0v) is 14.0. The molecule has 0 saturated carbocycles. The fourth-order valence-electron chi connectivity index (χ4n) is 2.66. The van der Waals surface area contributed by atoms with Crippen LogP contribution in [0.2, 0.25) is 0 Å². The molecule has 0 aromatic carbocycles. The van der Waals surface area contributed by atoms with Gasteiger partial charge in [0.25, 0.3) is 0 Å². The van der Waals surface area contributed by atoms with Gasteiger partial charge in [-0.2, -0.15) is 4.98 Å². The molecule has 1 aliphatic rings. The number of ether oxygens (including phenoxy) is 1. The van der Waals surface area contributed by atoms with Gasteiger partial charge in [-0.1, -0.05) is 6.92 Å². The van der Waals surface area contributed by atoms with Crippen molar-refractivity contribution in [3.8, 4) is 5.88 Å². The van der Waals surface area contributed by atoms with Crippen LogP contribution in [-0.2, 0) is 4.79 Å². The van der Waals surface area contributed by atoms with Crippen molar-refractivity contribution in [2.45, 2.75) is 26.2 Å². The summed E-state index contributed by atoms with van der Waals surface area (Å²) in [5.74, 6) is 1.49. The maximum absolute atomic E-state index is 12.2. The molecule has 1 fully saturated rings. The van der Waals surface area contributed by atoms with Crippen molar-refractivity contribution in [2.75, 3.05) is 44.7 Å². The van der Waals surface area contributed by atoms with E-state index in [0.717, 1.165) is 45.4 Å². The molecular formula is C16H27N5O2. The van der Waals surface area contributed by atoms with Gasteiger partial charge in [-0.05, 0) is 25.8 Å². The summed E-state index contributed by atoms with van der Waals surface area (Å²) >= 11 is 0. The van der Waals surface area contributed by atoms with Gasteiger partial charge in [-0.25, -0.2) is 4.98 Å². The average Bonchev–Trinajstić information content (AvgIpc) is 2.61. The van der Waals surface area contributed by atoms with Gasteiger partial charge < -0.3 is 20.3 Å². The number of nitrogens with one attached hydrogen (secondary N) is 2. The van der Waals surface area contributed by atoms with E-state index in [2.05, 4.69) is 32.4 Å². The van der Waals surface area contributed by atoms with Crippen molar-refractivity contribution in [2.24, 2.45) is 5.92 Å². The zero-order chi connectivity index (χ0) is 16.5. The second-order valence-corrected chi connectivity index (χ2v) is 5.70. The lowest BCUT2D eigenvalue weighted by Gasteiger charge is -2.31. The fourth-order valence-corrected chi connectivity index (χ4v) is 2.66. The first-order valence-corrected chi connectivity index (χ1v) is 8.35. The molecule has 1 amide bonds. The molecule has 2 rings (SSSR count). The minimum absolute atomic E-state index is 0.0861. The first-order valence-electron chi connectivity index (χ1n) is 8.35. The van der Waals surface area contributed by atoms with E-state index in [1.54, 1.807) is 19.4 Å². The van der Waals surface area contributed by atoms with Crippen LogP contribution in [-0.4, -0.2) is 55.7 Å². The van der Waals surface area contributed by atoms with Crippen LogP contribution in [0.15, 0.2) is 12.3 Å². The van der Waals surface area contributed by atoms with Crippen LogP contribution in [0.25, 0.3) is 0 Å². The molecule has 0 bridgehead atoms. The number of hydrogen-bond donors (Lipinski definition) is 2. The average molecular weight is 321 g/mol. The van der Waals surface area contributed by atoms with Crippen molar-refractivity contribution in [3.63, 3.8) is 0 Å². The van der Waals surface area contributed by atoms with Crippen molar-refractivity contribution in [1.29, 1.82) is 0 Å². The summed E-state index contributed by atoms with van der Waals surface area (Å²) in [5.41, 5.74) is 0. The van der Waals surface area contributed by atoms with Gasteiger partial charge in [0.1, 0.15) is 0 Å². The number of methoxy groups -OCH3 is 1. The number of aromatic nitrogens is 2. The van der Waals surface area contributed by atoms with E-state index in [1.807, 2.05) is 0 Å². The van der Waals surface area contributed by atoms with Gasteiger partial charge in [0, 0.05) is 44.4 Å². The molecule has 2 N–H and O–H groups in total. The molecule has 1 aromatic heterocycles. The molecule has 7 nitrogen and oxygen atoms in total. The second-order valence-electron chi connectivity index (χ2n) is 5.70. The number of piperidine rings is 1. The van der Waals surface area contributed by atoms with Crippen LogP contribution < -0.4 is 20.3 Å². The van der Waals surface area contributed by atoms with E-state index in [-0.39, 0.29) is 11.8 Å².